The van der Waals surface area contributed by atoms with Crippen molar-refractivity contribution < 1.29 is 57.2 Å². The number of aliphatic carboxylic acids is 1. The largest absolute Gasteiger partial charge is 0.479 e. The number of imide groups is 1. The van der Waals surface area contributed by atoms with Gasteiger partial charge < -0.3 is 45.8 Å². The van der Waals surface area contributed by atoms with Crippen LogP contribution in [-0.4, -0.2) is 130 Å². The number of benzene rings is 3. The van der Waals surface area contributed by atoms with E-state index >= 15 is 0 Å². The number of carbonyl (C=O) groups excluding carboxylic acids is 4. The maximum absolute atomic E-state index is 14.0. The minimum Gasteiger partial charge on any atom is -0.479 e. The van der Waals surface area contributed by atoms with Crippen molar-refractivity contribution in [3.63, 3.8) is 0 Å². The third-order valence-corrected chi connectivity index (χ3v) is 16.3. The van der Waals surface area contributed by atoms with Gasteiger partial charge in [0.05, 0.1) is 17.2 Å². The fourth-order valence-electron chi connectivity index (χ4n) is 9.27. The number of carbonyl (C=O) groups is 6. The molecule has 19 nitrogen and oxygen atoms in total. The summed E-state index contributed by atoms with van der Waals surface area (Å²) < 4.78 is 34.7. The van der Waals surface area contributed by atoms with Gasteiger partial charge in [0.25, 0.3) is 5.91 Å². The molecule has 7 N–H and O–H groups in total. The molecule has 3 aromatic carbocycles. The lowest BCUT2D eigenvalue weighted by Crippen LogP contribution is -2.57. The Kier molecular flexibility index (Phi) is 13.7. The summed E-state index contributed by atoms with van der Waals surface area (Å²) in [6, 6.07) is 18.2. The van der Waals surface area contributed by atoms with Crippen LogP contribution in [0.2, 0.25) is 5.02 Å². The number of thiophene rings is 1. The van der Waals surface area contributed by atoms with Gasteiger partial charge in [0, 0.05) is 78.3 Å². The van der Waals surface area contributed by atoms with Gasteiger partial charge in [-0.1, -0.05) is 41.9 Å². The molecule has 360 valence electrons. The van der Waals surface area contributed by atoms with E-state index in [9.17, 15) is 47.4 Å². The second-order valence-electron chi connectivity index (χ2n) is 17.9. The first-order valence-corrected chi connectivity index (χ1v) is 24.7. The number of aromatic carboxylic acids is 1. The molecule has 0 bridgehead atoms. The lowest BCUT2D eigenvalue weighted by molar-refractivity contribution is -0.139. The van der Waals surface area contributed by atoms with Crippen molar-refractivity contribution in [3.05, 3.63) is 93.3 Å². The van der Waals surface area contributed by atoms with Gasteiger partial charge in [0.2, 0.25) is 27.7 Å². The third-order valence-electron chi connectivity index (χ3n) is 12.6. The van der Waals surface area contributed by atoms with E-state index in [4.69, 9.17) is 21.4 Å². The molecule has 8 rings (SSSR count). The fraction of sp³-hybridized carbons (Fsp3) is 0.391. The van der Waals surface area contributed by atoms with Crippen molar-refractivity contribution >= 4 is 85.6 Å². The predicted octanol–water partition coefficient (Wildman–Crippen LogP) is 4.48. The Balaban J connectivity index is 0.815. The number of ether oxygens (including phenoxy) is 1. The summed E-state index contributed by atoms with van der Waals surface area (Å²) in [4.78, 5) is 76.7. The van der Waals surface area contributed by atoms with Crippen molar-refractivity contribution in [1.82, 2.24) is 19.4 Å². The number of fused-ring (bicyclic) bond motifs is 1. The predicted molar refractivity (Wildman–Crippen MR) is 252 cm³/mol. The molecule has 22 heteroatoms. The van der Waals surface area contributed by atoms with Gasteiger partial charge in [0.15, 0.2) is 17.2 Å². The van der Waals surface area contributed by atoms with Crippen molar-refractivity contribution in [3.8, 4) is 16.2 Å². The van der Waals surface area contributed by atoms with Crippen LogP contribution < -0.4 is 26.0 Å². The number of halogens is 1. The van der Waals surface area contributed by atoms with Gasteiger partial charge in [-0.15, -0.1) is 11.3 Å². The second kappa shape index (κ2) is 19.4. The molecule has 4 aromatic rings. The number of aliphatic hydroxyl groups excluding tert-OH is 1. The molecule has 4 amide bonds. The van der Waals surface area contributed by atoms with Crippen molar-refractivity contribution in [1.29, 1.82) is 0 Å². The molecule has 3 atom stereocenters. The Morgan fingerprint density at radius 1 is 1.00 bits per heavy atom. The molecule has 5 heterocycles. The third kappa shape index (κ3) is 10.3. The van der Waals surface area contributed by atoms with E-state index in [1.807, 2.05) is 19.9 Å². The highest BCUT2D eigenvalue weighted by molar-refractivity contribution is 7.88. The van der Waals surface area contributed by atoms with Crippen LogP contribution in [-0.2, 0) is 41.5 Å². The SMILES string of the molecule is CC1(C)C[C@@H](Nc2cccc(-c3sc(C(=O)O)c(OCC(=O)O)c3Cl)c2)CCN1S(=O)(=O)Cc1cccc(NC(O)C2CN(C(=O)CNc3cccc4c3CN(C3CCC(=O)NC3=O)C4=O)C2)c1. The highest BCUT2D eigenvalue weighted by Crippen LogP contribution is 2.46. The Bertz CT molecular complexity index is 2800. The van der Waals surface area contributed by atoms with Gasteiger partial charge in [-0.2, -0.15) is 4.31 Å². The summed E-state index contributed by atoms with van der Waals surface area (Å²) >= 11 is 7.39. The molecule has 1 aromatic heterocycles. The summed E-state index contributed by atoms with van der Waals surface area (Å²) in [7, 11) is -3.81. The number of carboxylic acid groups (broad SMARTS) is 2. The molecular formula is C46H50ClN7O12S2. The van der Waals surface area contributed by atoms with E-state index in [0.29, 0.717) is 57.0 Å². The summed E-state index contributed by atoms with van der Waals surface area (Å²) in [5, 5.41) is 41.8. The van der Waals surface area contributed by atoms with Crippen LogP contribution in [0.1, 0.15) is 70.7 Å². The molecule has 0 saturated carbocycles. The zero-order valence-electron chi connectivity index (χ0n) is 37.0. The Morgan fingerprint density at radius 3 is 2.46 bits per heavy atom. The number of hydrogen-bond donors (Lipinski definition) is 7. The first kappa shape index (κ1) is 48.2. The van der Waals surface area contributed by atoms with E-state index in [-0.39, 0.29) is 96.6 Å². The monoisotopic (exact) mass is 991 g/mol. The fourth-order valence-corrected chi connectivity index (χ4v) is 12.6. The number of nitrogens with zero attached hydrogens (tertiary/aromatic N) is 3. The lowest BCUT2D eigenvalue weighted by Gasteiger charge is -2.45. The van der Waals surface area contributed by atoms with Crippen molar-refractivity contribution in [2.45, 2.75) is 75.7 Å². The van der Waals surface area contributed by atoms with Gasteiger partial charge in [-0.05, 0) is 80.6 Å². The van der Waals surface area contributed by atoms with E-state index in [0.717, 1.165) is 11.3 Å². The van der Waals surface area contributed by atoms with Crippen LogP contribution in [0.4, 0.5) is 17.1 Å². The molecule has 0 aliphatic carbocycles. The summed E-state index contributed by atoms with van der Waals surface area (Å²) in [6.45, 7) is 3.90. The smallest absolute Gasteiger partial charge is 0.349 e. The molecular weight excluding hydrogens is 942 g/mol. The number of piperidine rings is 2. The Hall–Kier alpha value is -6.26. The average molecular weight is 993 g/mol. The molecule has 2 unspecified atom stereocenters. The number of sulfonamides is 1. The van der Waals surface area contributed by atoms with E-state index in [1.54, 1.807) is 65.6 Å². The quantitative estimate of drug-likeness (QED) is 0.0568. The number of aliphatic hydroxyl groups is 1. The topological polar surface area (TPSA) is 264 Å². The zero-order valence-corrected chi connectivity index (χ0v) is 39.4. The lowest BCUT2D eigenvalue weighted by atomic mass is 9.89. The van der Waals surface area contributed by atoms with Crippen molar-refractivity contribution in [2.24, 2.45) is 5.92 Å². The average Bonchev–Trinajstić information content (AvgIpc) is 3.77. The molecule has 0 spiro atoms. The van der Waals surface area contributed by atoms with E-state index in [2.05, 4.69) is 21.3 Å². The van der Waals surface area contributed by atoms with Crippen LogP contribution >= 0.6 is 22.9 Å². The molecule has 4 aliphatic rings. The minimum atomic E-state index is -3.81. The maximum Gasteiger partial charge on any atom is 0.349 e. The van der Waals surface area contributed by atoms with Gasteiger partial charge in [-0.3, -0.25) is 24.5 Å². The van der Waals surface area contributed by atoms with Gasteiger partial charge in [0.1, 0.15) is 17.3 Å². The highest BCUT2D eigenvalue weighted by Gasteiger charge is 2.43. The van der Waals surface area contributed by atoms with Crippen LogP contribution in [0.3, 0.4) is 0 Å². The number of nitrogens with one attached hydrogen (secondary N) is 4. The molecule has 3 saturated heterocycles. The maximum atomic E-state index is 14.0. The summed E-state index contributed by atoms with van der Waals surface area (Å²) in [5.74, 6) is -4.75. The summed E-state index contributed by atoms with van der Waals surface area (Å²) in [5.41, 5.74) is 3.25. The van der Waals surface area contributed by atoms with E-state index in [1.165, 1.54) is 9.21 Å². The Labute approximate surface area is 400 Å². The van der Waals surface area contributed by atoms with Crippen LogP contribution in [0, 0.1) is 5.92 Å². The summed E-state index contributed by atoms with van der Waals surface area (Å²) in [6.07, 6.45) is 0.328. The normalized spacial score (nSPS) is 20.0. The van der Waals surface area contributed by atoms with Crippen molar-refractivity contribution in [2.75, 3.05) is 48.7 Å². The molecule has 3 fully saturated rings. The second-order valence-corrected chi connectivity index (χ2v) is 21.2. The number of amides is 4. The minimum absolute atomic E-state index is 0.00889. The van der Waals surface area contributed by atoms with Crippen LogP contribution in [0.25, 0.3) is 10.4 Å². The number of carboxylic acids is 2. The van der Waals surface area contributed by atoms with Crippen LogP contribution in [0.5, 0.6) is 5.75 Å². The number of hydrogen-bond acceptors (Lipinski definition) is 14. The Morgan fingerprint density at radius 2 is 1.74 bits per heavy atom. The number of rotatable bonds is 17. The van der Waals surface area contributed by atoms with E-state index < -0.39 is 52.3 Å². The number of anilines is 3. The molecule has 68 heavy (non-hydrogen) atoms. The first-order chi connectivity index (χ1) is 32.3. The zero-order chi connectivity index (χ0) is 48.7. The molecule has 0 radical (unpaired) electrons. The standard InChI is InChI=1S/C46H50ClN7O12S2/c1-46(2)18-30(49-29-9-4-7-26(17-29)40-38(47)39(66-23-37(57)58)41(67-40)45(62)63)14-15-54(46)68(64,65)24-25-6-3-8-28(16-25)50-42(59)27-20-52(21-27)36(56)19-48-33-11-5-10-31-32(33)22-53(44(31)61)34-12-13-35(55)51-43(34)60/h3-11,16-17,27,30,34,42,48-50,59H,12-15,18-24H2,1-2H3,(H,57,58)(H,62,63)(H,51,55,60)/t30-,34?,42?/m0/s1. The number of likely N-dealkylation sites (tertiary alicyclic amines) is 1. The van der Waals surface area contributed by atoms with Gasteiger partial charge in [-0.25, -0.2) is 18.0 Å². The first-order valence-electron chi connectivity index (χ1n) is 21.9. The van der Waals surface area contributed by atoms with Gasteiger partial charge >= 0.3 is 11.9 Å². The molecule has 4 aliphatic heterocycles. The van der Waals surface area contributed by atoms with Crippen LogP contribution in [0.15, 0.2) is 66.7 Å². The highest BCUT2D eigenvalue weighted by atomic mass is 35.5.